The molecule has 0 bridgehead atoms. The molecule has 0 aliphatic heterocycles. The Hall–Kier alpha value is -1.43. The van der Waals surface area contributed by atoms with Crippen molar-refractivity contribution in [1.29, 1.82) is 0 Å². The number of anilines is 1. The summed E-state index contributed by atoms with van der Waals surface area (Å²) in [6, 6.07) is 3.76. The van der Waals surface area contributed by atoms with E-state index in [9.17, 15) is 18.0 Å². The Morgan fingerprint density at radius 2 is 2.06 bits per heavy atom. The number of halogens is 4. The van der Waals surface area contributed by atoms with E-state index in [1.807, 2.05) is 0 Å². The van der Waals surface area contributed by atoms with Crippen molar-refractivity contribution in [3.8, 4) is 5.75 Å². The average Bonchev–Trinajstić information content (AvgIpc) is 2.18. The number of benzene rings is 1. The zero-order chi connectivity index (χ0) is 13.1. The monoisotopic (exact) mass is 267 g/mol. The highest BCUT2D eigenvalue weighted by Gasteiger charge is 2.27. The van der Waals surface area contributed by atoms with Crippen LogP contribution in [0.1, 0.15) is 12.8 Å². The Kier molecular flexibility index (Phi) is 4.22. The van der Waals surface area contributed by atoms with E-state index in [4.69, 9.17) is 16.7 Å². The molecule has 2 N–H and O–H groups in total. The lowest BCUT2D eigenvalue weighted by Crippen LogP contribution is -2.16. The van der Waals surface area contributed by atoms with Crippen molar-refractivity contribution < 1.29 is 23.1 Å². The van der Waals surface area contributed by atoms with Gasteiger partial charge in [0.05, 0.1) is 17.1 Å². The lowest BCUT2D eigenvalue weighted by atomic mass is 10.2. The first-order valence-electron chi connectivity index (χ1n) is 4.63. The molecule has 1 aromatic carbocycles. The Morgan fingerprint density at radius 1 is 1.41 bits per heavy atom. The predicted octanol–water partition coefficient (Wildman–Crippen LogP) is 3.33. The maximum Gasteiger partial charge on any atom is 0.389 e. The molecule has 17 heavy (non-hydrogen) atoms. The summed E-state index contributed by atoms with van der Waals surface area (Å²) in [7, 11) is 0. The molecule has 0 spiro atoms. The summed E-state index contributed by atoms with van der Waals surface area (Å²) in [5, 5.41) is 11.3. The smallest absolute Gasteiger partial charge is 0.389 e. The van der Waals surface area contributed by atoms with E-state index in [1.165, 1.54) is 18.2 Å². The average molecular weight is 268 g/mol. The highest BCUT2D eigenvalue weighted by atomic mass is 35.5. The molecule has 3 nitrogen and oxygen atoms in total. The Bertz CT molecular complexity index is 421. The van der Waals surface area contributed by atoms with Gasteiger partial charge in [-0.05, 0) is 12.1 Å². The number of phenols is 1. The van der Waals surface area contributed by atoms with Gasteiger partial charge in [-0.2, -0.15) is 13.2 Å². The van der Waals surface area contributed by atoms with Crippen LogP contribution in [0.5, 0.6) is 5.75 Å². The Balaban J connectivity index is 2.57. The molecule has 0 unspecified atom stereocenters. The van der Waals surface area contributed by atoms with Gasteiger partial charge in [0.2, 0.25) is 5.91 Å². The molecule has 0 aromatic heterocycles. The molecule has 1 aromatic rings. The number of aromatic hydroxyl groups is 1. The fourth-order valence-corrected chi connectivity index (χ4v) is 1.30. The van der Waals surface area contributed by atoms with Gasteiger partial charge in [-0.15, -0.1) is 0 Å². The number of phenolic OH excluding ortho intramolecular Hbond substituents is 1. The van der Waals surface area contributed by atoms with Gasteiger partial charge in [-0.1, -0.05) is 11.6 Å². The molecular formula is C10H9ClF3NO2. The zero-order valence-electron chi connectivity index (χ0n) is 8.51. The molecule has 0 fully saturated rings. The van der Waals surface area contributed by atoms with E-state index in [0.717, 1.165) is 0 Å². The van der Waals surface area contributed by atoms with E-state index < -0.39 is 24.9 Å². The number of alkyl halides is 3. The summed E-state index contributed by atoms with van der Waals surface area (Å²) in [6.45, 7) is 0. The molecule has 0 heterocycles. The largest absolute Gasteiger partial charge is 0.508 e. The van der Waals surface area contributed by atoms with Crippen molar-refractivity contribution >= 4 is 23.2 Å². The van der Waals surface area contributed by atoms with Crippen LogP contribution in [0.3, 0.4) is 0 Å². The van der Waals surface area contributed by atoms with Crippen molar-refractivity contribution in [1.82, 2.24) is 0 Å². The van der Waals surface area contributed by atoms with E-state index in [1.54, 1.807) is 0 Å². The second-order valence-corrected chi connectivity index (χ2v) is 3.73. The van der Waals surface area contributed by atoms with Crippen LogP contribution in [0.4, 0.5) is 18.9 Å². The van der Waals surface area contributed by atoms with Gasteiger partial charge < -0.3 is 10.4 Å². The normalized spacial score (nSPS) is 11.3. The fraction of sp³-hybridized carbons (Fsp3) is 0.300. The first-order chi connectivity index (χ1) is 7.78. The standard InChI is InChI=1S/C10H9ClF3NO2/c11-7-5-6(16)1-2-8(7)15-9(17)3-4-10(12,13)14/h1-2,5,16H,3-4H2,(H,15,17). The minimum absolute atomic E-state index is 0.0605. The fourth-order valence-electron chi connectivity index (χ4n) is 1.07. The number of hydrogen-bond acceptors (Lipinski definition) is 2. The number of rotatable bonds is 3. The van der Waals surface area contributed by atoms with Crippen LogP contribution in [0.15, 0.2) is 18.2 Å². The molecular weight excluding hydrogens is 259 g/mol. The van der Waals surface area contributed by atoms with Gasteiger partial charge in [-0.25, -0.2) is 0 Å². The predicted molar refractivity (Wildman–Crippen MR) is 57.0 cm³/mol. The SMILES string of the molecule is O=C(CCC(F)(F)F)Nc1ccc(O)cc1Cl. The summed E-state index contributed by atoms with van der Waals surface area (Å²) in [5.74, 6) is -0.877. The van der Waals surface area contributed by atoms with Crippen LogP contribution in [0.2, 0.25) is 5.02 Å². The molecule has 0 saturated carbocycles. The molecule has 1 rings (SSSR count). The highest BCUT2D eigenvalue weighted by Crippen LogP contribution is 2.27. The third-order valence-electron chi connectivity index (χ3n) is 1.86. The van der Waals surface area contributed by atoms with Gasteiger partial charge in [0.15, 0.2) is 0 Å². The van der Waals surface area contributed by atoms with Gasteiger partial charge in [0.1, 0.15) is 5.75 Å². The maximum atomic E-state index is 11.8. The minimum atomic E-state index is -4.36. The second-order valence-electron chi connectivity index (χ2n) is 3.33. The maximum absolute atomic E-state index is 11.8. The molecule has 0 aliphatic rings. The van der Waals surface area contributed by atoms with E-state index in [0.29, 0.717) is 0 Å². The minimum Gasteiger partial charge on any atom is -0.508 e. The molecule has 0 saturated heterocycles. The quantitative estimate of drug-likeness (QED) is 0.826. The van der Waals surface area contributed by atoms with Crippen LogP contribution in [0.25, 0.3) is 0 Å². The van der Waals surface area contributed by atoms with E-state index in [-0.39, 0.29) is 16.5 Å². The van der Waals surface area contributed by atoms with Gasteiger partial charge in [0.25, 0.3) is 0 Å². The van der Waals surface area contributed by atoms with Crippen LogP contribution < -0.4 is 5.32 Å². The van der Waals surface area contributed by atoms with E-state index in [2.05, 4.69) is 5.32 Å². The van der Waals surface area contributed by atoms with Crippen LogP contribution in [-0.4, -0.2) is 17.2 Å². The summed E-state index contributed by atoms with van der Waals surface area (Å²) >= 11 is 5.67. The van der Waals surface area contributed by atoms with Crippen molar-refractivity contribution in [2.45, 2.75) is 19.0 Å². The third-order valence-corrected chi connectivity index (χ3v) is 2.18. The molecule has 94 valence electrons. The summed E-state index contributed by atoms with van der Waals surface area (Å²) in [5.41, 5.74) is 0.164. The summed E-state index contributed by atoms with van der Waals surface area (Å²) in [6.07, 6.45) is -6.22. The number of nitrogens with one attached hydrogen (secondary N) is 1. The Morgan fingerprint density at radius 3 is 2.59 bits per heavy atom. The molecule has 1 amide bonds. The summed E-state index contributed by atoms with van der Waals surface area (Å²) in [4.78, 5) is 11.2. The Labute approximate surface area is 100 Å². The van der Waals surface area contributed by atoms with Crippen LogP contribution in [0, 0.1) is 0 Å². The summed E-state index contributed by atoms with van der Waals surface area (Å²) < 4.78 is 35.5. The lowest BCUT2D eigenvalue weighted by molar-refractivity contribution is -0.142. The van der Waals surface area contributed by atoms with Crippen molar-refractivity contribution in [2.24, 2.45) is 0 Å². The zero-order valence-corrected chi connectivity index (χ0v) is 9.27. The molecule has 0 atom stereocenters. The van der Waals surface area contributed by atoms with Gasteiger partial charge in [-0.3, -0.25) is 4.79 Å². The van der Waals surface area contributed by atoms with Gasteiger partial charge >= 0.3 is 6.18 Å². The molecule has 0 aliphatic carbocycles. The van der Waals surface area contributed by atoms with E-state index >= 15 is 0 Å². The van der Waals surface area contributed by atoms with Crippen molar-refractivity contribution in [2.75, 3.05) is 5.32 Å². The second kappa shape index (κ2) is 5.27. The number of amides is 1. The van der Waals surface area contributed by atoms with Crippen molar-refractivity contribution in [3.05, 3.63) is 23.2 Å². The first kappa shape index (κ1) is 13.6. The van der Waals surface area contributed by atoms with Crippen LogP contribution >= 0.6 is 11.6 Å². The van der Waals surface area contributed by atoms with Crippen molar-refractivity contribution in [3.63, 3.8) is 0 Å². The third kappa shape index (κ3) is 4.95. The topological polar surface area (TPSA) is 49.3 Å². The van der Waals surface area contributed by atoms with Gasteiger partial charge in [0, 0.05) is 12.5 Å². The number of carbonyl (C=O) groups is 1. The number of carbonyl (C=O) groups excluding carboxylic acids is 1. The first-order valence-corrected chi connectivity index (χ1v) is 5.01. The molecule has 7 heteroatoms. The molecule has 0 radical (unpaired) electrons. The number of hydrogen-bond donors (Lipinski definition) is 2. The van der Waals surface area contributed by atoms with Crippen LogP contribution in [-0.2, 0) is 4.79 Å². The highest BCUT2D eigenvalue weighted by molar-refractivity contribution is 6.33. The lowest BCUT2D eigenvalue weighted by Gasteiger charge is -2.08.